The van der Waals surface area contributed by atoms with E-state index in [1.807, 2.05) is 79.8 Å². The Labute approximate surface area is 655 Å². The molecule has 0 spiro atoms. The van der Waals surface area contributed by atoms with E-state index in [1.54, 1.807) is 18.4 Å². The number of aryl methyl sites for hydroxylation is 11. The lowest BCUT2D eigenvalue weighted by atomic mass is 9.98. The largest absolute Gasteiger partial charge is 0.496 e. The number of carbonyl (C=O) groups is 1. The first-order valence-electron chi connectivity index (χ1n) is 36.5. The maximum Gasteiger partial charge on any atom is 0.150 e. The molecule has 0 bridgehead atoms. The highest BCUT2D eigenvalue weighted by molar-refractivity contribution is 7.13. The molecule has 7 aromatic heterocycles. The third-order valence-corrected chi connectivity index (χ3v) is 22.3. The molecule has 0 unspecified atom stereocenters. The Balaban J connectivity index is 0.000000124. The number of allylic oxidation sites excluding steroid dienone is 1. The predicted octanol–water partition coefficient (Wildman–Crippen LogP) is 27.3. The van der Waals surface area contributed by atoms with Gasteiger partial charge in [0.25, 0.3) is 0 Å². The second kappa shape index (κ2) is 36.1. The van der Waals surface area contributed by atoms with Gasteiger partial charge in [-0.1, -0.05) is 152 Å². The van der Waals surface area contributed by atoms with Crippen LogP contribution >= 0.6 is 45.7 Å². The number of nitrogens with zero attached hydrogens (tertiary/aromatic N) is 2. The molecule has 18 rings (SSSR count). The van der Waals surface area contributed by atoms with Crippen LogP contribution < -0.4 is 10.1 Å². The van der Waals surface area contributed by atoms with E-state index in [9.17, 15) is 4.79 Å². The van der Waals surface area contributed by atoms with Crippen molar-refractivity contribution in [1.29, 1.82) is 0 Å². The van der Waals surface area contributed by atoms with Crippen LogP contribution in [0.4, 0.5) is 11.4 Å². The zero-order valence-electron chi connectivity index (χ0n) is 64.1. The quantitative estimate of drug-likeness (QED) is 0.0867. The van der Waals surface area contributed by atoms with Crippen molar-refractivity contribution in [3.8, 4) is 28.0 Å². The number of benzene rings is 11. The molecule has 109 heavy (non-hydrogen) atoms. The molecular formula is C96H92N6O3S4. The number of carbonyl (C=O) groups excluding carboxylic acids is 1. The Bertz CT molecular complexity index is 6010. The van der Waals surface area contributed by atoms with Crippen LogP contribution in [-0.4, -0.2) is 42.2 Å². The third-order valence-electron chi connectivity index (χ3n) is 18.9. The van der Waals surface area contributed by atoms with Crippen LogP contribution in [0.2, 0.25) is 0 Å². The maximum atomic E-state index is 11.3. The van der Waals surface area contributed by atoms with Gasteiger partial charge in [0.05, 0.1) is 25.4 Å². The average Bonchev–Trinajstić information content (AvgIpc) is 1.65. The zero-order chi connectivity index (χ0) is 76.7. The molecule has 5 N–H and O–H groups in total. The molecule has 0 radical (unpaired) electrons. The molecule has 0 aliphatic rings. The fourth-order valence-corrected chi connectivity index (χ4v) is 16.5. The minimum atomic E-state index is 0.177. The molecule has 18 aromatic rings. The summed E-state index contributed by atoms with van der Waals surface area (Å²) in [7, 11) is 1.66. The number of hydrogen-bond donors (Lipinski definition) is 5. The second-order valence-corrected chi connectivity index (χ2v) is 32.4. The molecule has 548 valence electrons. The molecule has 0 atom stereocenters. The summed E-state index contributed by atoms with van der Waals surface area (Å²) < 4.78 is 14.5. The fourth-order valence-electron chi connectivity index (χ4n) is 13.3. The summed E-state index contributed by atoms with van der Waals surface area (Å²) in [5, 5.41) is 19.7. The summed E-state index contributed by atoms with van der Waals surface area (Å²) in [5.74, 6) is 0.773. The van der Waals surface area contributed by atoms with E-state index in [1.165, 1.54) is 134 Å². The highest BCUT2D eigenvalue weighted by Crippen LogP contribution is 2.38. The summed E-state index contributed by atoms with van der Waals surface area (Å²) in [6.45, 7) is 25.1. The van der Waals surface area contributed by atoms with Crippen LogP contribution in [0.25, 0.3) is 105 Å². The van der Waals surface area contributed by atoms with Crippen molar-refractivity contribution >= 4 is 146 Å². The van der Waals surface area contributed by atoms with Gasteiger partial charge in [-0.3, -0.25) is 4.79 Å². The number of thiophene rings is 3. The van der Waals surface area contributed by atoms with Gasteiger partial charge in [-0.15, -0.1) is 34.0 Å². The first kappa shape index (κ1) is 77.3. The van der Waals surface area contributed by atoms with Crippen molar-refractivity contribution in [3.05, 3.63) is 340 Å². The number of aromatic nitrogens is 5. The lowest BCUT2D eigenvalue weighted by molar-refractivity contribution is 0.112. The molecule has 0 amide bonds. The highest BCUT2D eigenvalue weighted by atomic mass is 32.1. The van der Waals surface area contributed by atoms with Crippen molar-refractivity contribution in [2.75, 3.05) is 12.4 Å². The summed E-state index contributed by atoms with van der Waals surface area (Å²) >= 11 is 6.68. The number of aldehydes is 1. The van der Waals surface area contributed by atoms with Crippen molar-refractivity contribution in [2.24, 2.45) is 0 Å². The molecule has 11 aromatic carbocycles. The summed E-state index contributed by atoms with van der Waals surface area (Å²) in [6.07, 6.45) is 6.05. The Hall–Kier alpha value is -11.3. The zero-order valence-corrected chi connectivity index (χ0v) is 67.4. The Morgan fingerprint density at radius 3 is 1.32 bits per heavy atom. The first-order chi connectivity index (χ1) is 52.8. The second-order valence-electron chi connectivity index (χ2n) is 27.6. The fraction of sp³-hybridized carbons (Fsp3) is 0.156. The van der Waals surface area contributed by atoms with E-state index in [2.05, 4.69) is 316 Å². The minimum Gasteiger partial charge on any atom is -0.496 e. The number of hydrogen-bond acceptors (Lipinski definition) is 10. The Kier molecular flexibility index (Phi) is 25.6. The minimum absolute atomic E-state index is 0.177. The van der Waals surface area contributed by atoms with Crippen LogP contribution in [0.15, 0.2) is 255 Å². The van der Waals surface area contributed by atoms with Crippen LogP contribution in [0.3, 0.4) is 0 Å². The number of aliphatic hydroxyl groups excluding tert-OH is 1. The van der Waals surface area contributed by atoms with Crippen LogP contribution in [0.5, 0.6) is 5.75 Å². The molecular weight excluding hydrogens is 1410 g/mol. The normalized spacial score (nSPS) is 10.9. The SMILES string of the molecule is C/C=C/c1ccc(C)s1.COc1cc(C)c(C=O)cc1-c1ccc2c(c1)[nH]c1cc(C)ccc12.Cc1cc(CO)c(C)s1.Cc1ccc(C)s1.Cc1ccc2c(c1)[nH]c1cc(-c3ccc(C)c4nsnc34)ccc12.Cc1ccc2c(c1)[nH]c1cc(C)ccc12.c1ccc(Cc2ccc(Nc3ccccc3)cc2)cc1. The number of para-hydroxylation sites is 1. The molecule has 0 saturated carbocycles. The van der Waals surface area contributed by atoms with E-state index in [4.69, 9.17) is 9.84 Å². The molecule has 9 nitrogen and oxygen atoms in total. The summed E-state index contributed by atoms with van der Waals surface area (Å²) in [5.41, 5.74) is 27.1. The lowest BCUT2D eigenvalue weighted by Gasteiger charge is -2.11. The smallest absolute Gasteiger partial charge is 0.150 e. The number of methoxy groups -OCH3 is 1. The van der Waals surface area contributed by atoms with E-state index in [-0.39, 0.29) is 6.61 Å². The number of nitrogens with one attached hydrogen (secondary N) is 4. The monoisotopic (exact) mass is 1500 g/mol. The first-order valence-corrected chi connectivity index (χ1v) is 39.7. The van der Waals surface area contributed by atoms with Crippen LogP contribution in [0, 0.1) is 76.2 Å². The predicted molar refractivity (Wildman–Crippen MR) is 472 cm³/mol. The molecule has 0 aliphatic carbocycles. The summed E-state index contributed by atoms with van der Waals surface area (Å²) in [4.78, 5) is 29.9. The van der Waals surface area contributed by atoms with Gasteiger partial charge < -0.3 is 30.1 Å². The molecule has 0 aliphatic heterocycles. The van der Waals surface area contributed by atoms with Gasteiger partial charge in [0, 0.05) is 123 Å². The van der Waals surface area contributed by atoms with Crippen LogP contribution in [-0.2, 0) is 13.0 Å². The topological polar surface area (TPSA) is 132 Å². The number of anilines is 2. The average molecular weight is 1510 g/mol. The molecule has 13 heteroatoms. The van der Waals surface area contributed by atoms with Gasteiger partial charge in [0.1, 0.15) is 23.1 Å². The van der Waals surface area contributed by atoms with Gasteiger partial charge in [-0.05, 0) is 260 Å². The number of H-pyrrole nitrogens is 3. The van der Waals surface area contributed by atoms with Crippen molar-refractivity contribution in [1.82, 2.24) is 23.7 Å². The van der Waals surface area contributed by atoms with Gasteiger partial charge in [-0.2, -0.15) is 8.75 Å². The van der Waals surface area contributed by atoms with Gasteiger partial charge in [-0.25, -0.2) is 0 Å². The van der Waals surface area contributed by atoms with Crippen molar-refractivity contribution in [2.45, 2.75) is 96.1 Å². The Morgan fingerprint density at radius 1 is 0.422 bits per heavy atom. The number of aromatic amines is 3. The highest BCUT2D eigenvalue weighted by Gasteiger charge is 2.15. The standard InChI is InChI=1S/C22H19NO2.C20H15N3S.C19H17N.C14H13N.C8H10S.C7H10OS.C6H8S/c1-13-4-6-17-18-7-5-15(11-21(18)23-20(17)8-13)19-10-16(12-24)14(2)9-22(19)25-3;1-11-3-6-15-16-8-5-13(10-18(16)21-17(15)9-11)14-7-4-12(2)19-20(14)23-24-22-19;1-3-7-16(8-4-1)15-17-11-13-19(14-12-17)20-18-9-5-2-6-10-18;1-9-3-5-11-12-6-4-10(2)8-14(12)15-13(11)7-9;1-3-4-8-6-5-7(2)9-8;1-5-3-7(4-8)6(2)9-5;1-5-3-4-6(2)7-5/h4-12,23H,1-3H3;3-10,21H,1-2H3;1-14,20H,15H2;3-8,15H,1-2H3;3-6H,1-2H3;3,8H,4H2,1-2H3;3-4H,1-2H3/b;;;;4-3+;;. The summed E-state index contributed by atoms with van der Waals surface area (Å²) in [6, 6.07) is 87.1. The van der Waals surface area contributed by atoms with E-state index < -0.39 is 0 Å². The molecule has 0 saturated heterocycles. The number of ether oxygens (including phenoxy) is 1. The van der Waals surface area contributed by atoms with Gasteiger partial charge in [0.15, 0.2) is 0 Å². The number of rotatable bonds is 10. The van der Waals surface area contributed by atoms with Gasteiger partial charge >= 0.3 is 0 Å². The van der Waals surface area contributed by atoms with E-state index >= 15 is 0 Å². The number of fused-ring (bicyclic) bond motifs is 10. The van der Waals surface area contributed by atoms with Crippen LogP contribution in [0.1, 0.15) is 96.6 Å². The third kappa shape index (κ3) is 19.5. The van der Waals surface area contributed by atoms with E-state index in [0.29, 0.717) is 5.56 Å². The number of aliphatic hydroxyl groups is 1. The Morgan fingerprint density at radius 2 is 0.881 bits per heavy atom. The van der Waals surface area contributed by atoms with E-state index in [0.717, 1.165) is 85.2 Å². The van der Waals surface area contributed by atoms with Crippen molar-refractivity contribution < 1.29 is 14.6 Å². The molecule has 7 heterocycles. The van der Waals surface area contributed by atoms with Gasteiger partial charge in [0.2, 0.25) is 0 Å². The van der Waals surface area contributed by atoms with Crippen molar-refractivity contribution in [3.63, 3.8) is 0 Å². The molecule has 0 fully saturated rings. The lowest BCUT2D eigenvalue weighted by Crippen LogP contribution is -1.94. The maximum absolute atomic E-state index is 11.3.